The second-order valence-corrected chi connectivity index (χ2v) is 10.3. The van der Waals surface area contributed by atoms with Crippen LogP contribution >= 0.6 is 11.6 Å². The van der Waals surface area contributed by atoms with E-state index in [1.54, 1.807) is 0 Å². The number of aryl methyl sites for hydroxylation is 2. The summed E-state index contributed by atoms with van der Waals surface area (Å²) >= 11 is 6.16. The fourth-order valence-corrected chi connectivity index (χ4v) is 5.26. The van der Waals surface area contributed by atoms with E-state index in [1.165, 1.54) is 5.56 Å². The fourth-order valence-electron chi connectivity index (χ4n) is 5.13. The molecule has 2 aliphatic rings. The number of hydrogen-bond donors (Lipinski definition) is 1. The second-order valence-electron chi connectivity index (χ2n) is 9.91. The number of carbonyl (C=O) groups excluding carboxylic acids is 1. The lowest BCUT2D eigenvalue weighted by molar-refractivity contribution is -0.117. The minimum Gasteiger partial charge on any atom is -0.512 e. The molecule has 1 aliphatic heterocycles. The standard InChI is InChI=1S/C30H32ClN3O2/c1-20-8-10-21(11-9-20)29-28(22-12-14-24(31)15-13-22)32-26-7-5-17-34(30(26)33-29)16-4-2-3-6-23-18-25(35)19-27(23)36/h8-15,36H,2-7,16-19H2,1H3. The van der Waals surface area contributed by atoms with Crippen molar-refractivity contribution >= 4 is 23.2 Å². The normalized spacial score (nSPS) is 15.5. The van der Waals surface area contributed by atoms with Crippen molar-refractivity contribution in [3.05, 3.63) is 76.1 Å². The summed E-state index contributed by atoms with van der Waals surface area (Å²) in [5, 5.41) is 10.6. The van der Waals surface area contributed by atoms with E-state index >= 15 is 0 Å². The first-order valence-corrected chi connectivity index (χ1v) is 13.3. The van der Waals surface area contributed by atoms with Crippen molar-refractivity contribution < 1.29 is 9.90 Å². The molecule has 3 aromatic rings. The predicted molar refractivity (Wildman–Crippen MR) is 146 cm³/mol. The van der Waals surface area contributed by atoms with E-state index in [2.05, 4.69) is 36.1 Å². The van der Waals surface area contributed by atoms with Gasteiger partial charge in [0.25, 0.3) is 0 Å². The number of allylic oxidation sites excluding steroid dienone is 2. The number of halogens is 1. The predicted octanol–water partition coefficient (Wildman–Crippen LogP) is 7.26. The van der Waals surface area contributed by atoms with Gasteiger partial charge < -0.3 is 10.0 Å². The number of rotatable bonds is 8. The Morgan fingerprint density at radius 1 is 0.917 bits per heavy atom. The van der Waals surface area contributed by atoms with Crippen molar-refractivity contribution in [2.75, 3.05) is 18.0 Å². The van der Waals surface area contributed by atoms with Gasteiger partial charge in [0.1, 0.15) is 5.78 Å². The van der Waals surface area contributed by atoms with Crippen LogP contribution in [0.5, 0.6) is 0 Å². The van der Waals surface area contributed by atoms with Crippen LogP contribution in [-0.2, 0) is 11.2 Å². The number of fused-ring (bicyclic) bond motifs is 1. The Balaban J connectivity index is 1.36. The van der Waals surface area contributed by atoms with Crippen molar-refractivity contribution in [3.8, 4) is 22.5 Å². The molecule has 0 unspecified atom stereocenters. The molecule has 0 bridgehead atoms. The van der Waals surface area contributed by atoms with Crippen LogP contribution in [0.25, 0.3) is 22.5 Å². The van der Waals surface area contributed by atoms with Gasteiger partial charge in [0.05, 0.1) is 29.3 Å². The number of aliphatic hydroxyl groups is 1. The molecule has 1 aliphatic carbocycles. The van der Waals surface area contributed by atoms with E-state index in [-0.39, 0.29) is 12.2 Å². The van der Waals surface area contributed by atoms with Gasteiger partial charge in [-0.2, -0.15) is 0 Å². The third-order valence-corrected chi connectivity index (χ3v) is 7.37. The average molecular weight is 502 g/mol. The third-order valence-electron chi connectivity index (χ3n) is 7.12. The lowest BCUT2D eigenvalue weighted by Gasteiger charge is -2.30. The SMILES string of the molecule is Cc1ccc(-c2nc3c(nc2-c2ccc(Cl)cc2)CCCN3CCCCCC2=C(O)CC(=O)C2)cc1. The van der Waals surface area contributed by atoms with Crippen LogP contribution < -0.4 is 4.90 Å². The molecule has 36 heavy (non-hydrogen) atoms. The number of Topliss-reactive ketones (excluding diaryl/α,β-unsaturated/α-hetero) is 1. The van der Waals surface area contributed by atoms with Gasteiger partial charge in [0.15, 0.2) is 5.82 Å². The van der Waals surface area contributed by atoms with E-state index < -0.39 is 0 Å². The molecule has 2 aromatic carbocycles. The van der Waals surface area contributed by atoms with Gasteiger partial charge >= 0.3 is 0 Å². The van der Waals surface area contributed by atoms with Crippen molar-refractivity contribution in [1.29, 1.82) is 0 Å². The van der Waals surface area contributed by atoms with Crippen molar-refractivity contribution in [1.82, 2.24) is 9.97 Å². The second kappa shape index (κ2) is 10.8. The molecular formula is C30H32ClN3O2. The smallest absolute Gasteiger partial charge is 0.151 e. The summed E-state index contributed by atoms with van der Waals surface area (Å²) in [6, 6.07) is 16.3. The molecule has 5 rings (SSSR count). The number of hydrogen-bond acceptors (Lipinski definition) is 5. The molecule has 0 spiro atoms. The Kier molecular flexibility index (Phi) is 7.38. The van der Waals surface area contributed by atoms with Crippen LogP contribution in [0.4, 0.5) is 5.82 Å². The molecule has 1 N–H and O–H groups in total. The highest BCUT2D eigenvalue weighted by molar-refractivity contribution is 6.30. The molecule has 186 valence electrons. The molecule has 0 fully saturated rings. The summed E-state index contributed by atoms with van der Waals surface area (Å²) in [7, 11) is 0. The van der Waals surface area contributed by atoms with E-state index in [0.29, 0.717) is 17.2 Å². The van der Waals surface area contributed by atoms with Crippen molar-refractivity contribution in [2.45, 2.75) is 58.3 Å². The third kappa shape index (κ3) is 5.46. The maximum Gasteiger partial charge on any atom is 0.151 e. The number of unbranched alkanes of at least 4 members (excludes halogenated alkanes) is 2. The van der Waals surface area contributed by atoms with Gasteiger partial charge in [-0.05, 0) is 56.7 Å². The van der Waals surface area contributed by atoms with Crippen LogP contribution in [0.15, 0.2) is 59.9 Å². The topological polar surface area (TPSA) is 66.3 Å². The number of benzene rings is 2. The lowest BCUT2D eigenvalue weighted by Crippen LogP contribution is -2.32. The molecule has 2 heterocycles. The molecular weight excluding hydrogens is 470 g/mol. The highest BCUT2D eigenvalue weighted by Crippen LogP contribution is 2.35. The van der Waals surface area contributed by atoms with E-state index in [9.17, 15) is 9.90 Å². The van der Waals surface area contributed by atoms with Gasteiger partial charge in [0.2, 0.25) is 0 Å². The minimum atomic E-state index is 0.133. The molecule has 6 heteroatoms. The summed E-state index contributed by atoms with van der Waals surface area (Å²) < 4.78 is 0. The summed E-state index contributed by atoms with van der Waals surface area (Å²) in [6.07, 6.45) is 6.54. The van der Waals surface area contributed by atoms with Crippen LogP contribution in [0.2, 0.25) is 5.02 Å². The van der Waals surface area contributed by atoms with Crippen LogP contribution in [0.1, 0.15) is 56.2 Å². The first-order chi connectivity index (χ1) is 17.5. The largest absolute Gasteiger partial charge is 0.512 e. The van der Waals surface area contributed by atoms with Gasteiger partial charge in [-0.1, -0.05) is 60.0 Å². The van der Waals surface area contributed by atoms with E-state index in [4.69, 9.17) is 21.6 Å². The Morgan fingerprint density at radius 2 is 1.61 bits per heavy atom. The number of anilines is 1. The van der Waals surface area contributed by atoms with Gasteiger partial charge in [-0.3, -0.25) is 4.79 Å². The lowest BCUT2D eigenvalue weighted by atomic mass is 10.0. The maximum atomic E-state index is 11.5. The highest BCUT2D eigenvalue weighted by atomic mass is 35.5. The zero-order valence-corrected chi connectivity index (χ0v) is 21.5. The number of ketones is 1. The van der Waals surface area contributed by atoms with Crippen LogP contribution in [0.3, 0.4) is 0 Å². The Morgan fingerprint density at radius 3 is 2.31 bits per heavy atom. The van der Waals surface area contributed by atoms with Crippen LogP contribution in [0, 0.1) is 6.92 Å². The molecule has 0 radical (unpaired) electrons. The zero-order valence-electron chi connectivity index (χ0n) is 20.8. The van der Waals surface area contributed by atoms with Gasteiger partial charge in [-0.25, -0.2) is 9.97 Å². The number of carbonyl (C=O) groups is 1. The van der Waals surface area contributed by atoms with E-state index in [1.807, 2.05) is 24.3 Å². The Labute approximate surface area is 217 Å². The fraction of sp³-hybridized carbons (Fsp3) is 0.367. The molecule has 0 saturated heterocycles. The number of aromatic nitrogens is 2. The maximum absolute atomic E-state index is 11.5. The highest BCUT2D eigenvalue weighted by Gasteiger charge is 2.24. The van der Waals surface area contributed by atoms with Crippen LogP contribution in [-0.4, -0.2) is 33.9 Å². The van der Waals surface area contributed by atoms with E-state index in [0.717, 1.165) is 91.2 Å². The average Bonchev–Trinajstić information content (AvgIpc) is 3.20. The molecule has 0 amide bonds. The summed E-state index contributed by atoms with van der Waals surface area (Å²) in [6.45, 7) is 4.00. The number of aliphatic hydroxyl groups excluding tert-OH is 1. The first kappa shape index (κ1) is 24.5. The molecule has 0 saturated carbocycles. The van der Waals surface area contributed by atoms with Gasteiger partial charge in [-0.15, -0.1) is 0 Å². The summed E-state index contributed by atoms with van der Waals surface area (Å²) in [5.41, 5.74) is 7.08. The van der Waals surface area contributed by atoms with Crippen molar-refractivity contribution in [3.63, 3.8) is 0 Å². The molecule has 0 atom stereocenters. The Hall–Kier alpha value is -3.18. The summed E-state index contributed by atoms with van der Waals surface area (Å²) in [5.74, 6) is 1.44. The van der Waals surface area contributed by atoms with Gasteiger partial charge in [0, 0.05) is 35.7 Å². The first-order valence-electron chi connectivity index (χ1n) is 12.9. The summed E-state index contributed by atoms with van der Waals surface area (Å²) in [4.78, 5) is 24.3. The minimum absolute atomic E-state index is 0.133. The quantitative estimate of drug-likeness (QED) is 0.329. The zero-order chi connectivity index (χ0) is 25.1. The molecule has 1 aromatic heterocycles. The monoisotopic (exact) mass is 501 g/mol. The Bertz CT molecular complexity index is 1280. The van der Waals surface area contributed by atoms with Crippen molar-refractivity contribution in [2.24, 2.45) is 0 Å². The number of nitrogens with zero attached hydrogens (tertiary/aromatic N) is 3. The molecule has 5 nitrogen and oxygen atoms in total.